The lowest BCUT2D eigenvalue weighted by Crippen LogP contribution is -2.48. The van der Waals surface area contributed by atoms with Gasteiger partial charge in [-0.25, -0.2) is 0 Å². The van der Waals surface area contributed by atoms with Gasteiger partial charge in [-0.15, -0.1) is 0 Å². The molecule has 0 saturated carbocycles. The average Bonchev–Trinajstić information content (AvgIpc) is 2.77. The standard InChI is InChI=1S/C24H32N2O4/c1-4-28-21-16-20(17-22(29-5-2)23(21)30-6-3)24(27)26-14-12-25(13-15-26)18-19-10-8-7-9-11-19/h7-11,16-17H,4-6,12-15,18H2,1-3H3. The van der Waals surface area contributed by atoms with Crippen molar-refractivity contribution in [3.8, 4) is 17.2 Å². The van der Waals surface area contributed by atoms with Crippen molar-refractivity contribution < 1.29 is 19.0 Å². The first-order chi connectivity index (χ1) is 14.7. The predicted molar refractivity (Wildman–Crippen MR) is 118 cm³/mol. The smallest absolute Gasteiger partial charge is 0.254 e. The molecule has 162 valence electrons. The fraction of sp³-hybridized carbons (Fsp3) is 0.458. The summed E-state index contributed by atoms with van der Waals surface area (Å²) in [5.74, 6) is 1.66. The van der Waals surface area contributed by atoms with Gasteiger partial charge in [0.1, 0.15) is 0 Å². The number of amides is 1. The molecule has 0 radical (unpaired) electrons. The van der Waals surface area contributed by atoms with Gasteiger partial charge < -0.3 is 19.1 Å². The normalized spacial score (nSPS) is 14.4. The summed E-state index contributed by atoms with van der Waals surface area (Å²) in [6.45, 7) is 11.2. The molecular weight excluding hydrogens is 380 g/mol. The molecule has 30 heavy (non-hydrogen) atoms. The molecule has 1 heterocycles. The molecule has 6 nitrogen and oxygen atoms in total. The molecule has 2 aromatic rings. The van der Waals surface area contributed by atoms with Crippen molar-refractivity contribution in [3.63, 3.8) is 0 Å². The summed E-state index contributed by atoms with van der Waals surface area (Å²) < 4.78 is 17.3. The first-order valence-electron chi connectivity index (χ1n) is 10.8. The summed E-state index contributed by atoms with van der Waals surface area (Å²) >= 11 is 0. The van der Waals surface area contributed by atoms with Crippen molar-refractivity contribution in [2.24, 2.45) is 0 Å². The van der Waals surface area contributed by atoms with Crippen LogP contribution in [0.5, 0.6) is 17.2 Å². The minimum absolute atomic E-state index is 0.000634. The molecular formula is C24H32N2O4. The van der Waals surface area contributed by atoms with Crippen LogP contribution in [0.15, 0.2) is 42.5 Å². The molecule has 1 aliphatic heterocycles. The molecule has 2 aromatic carbocycles. The summed E-state index contributed by atoms with van der Waals surface area (Å²) in [5, 5.41) is 0. The van der Waals surface area contributed by atoms with E-state index in [9.17, 15) is 4.79 Å². The van der Waals surface area contributed by atoms with E-state index in [1.807, 2.05) is 31.7 Å². The van der Waals surface area contributed by atoms with Crippen molar-refractivity contribution >= 4 is 5.91 Å². The second kappa shape index (κ2) is 10.9. The summed E-state index contributed by atoms with van der Waals surface area (Å²) in [4.78, 5) is 17.5. The van der Waals surface area contributed by atoms with Gasteiger partial charge in [-0.1, -0.05) is 30.3 Å². The van der Waals surface area contributed by atoms with E-state index in [1.54, 1.807) is 12.1 Å². The van der Waals surface area contributed by atoms with E-state index >= 15 is 0 Å². The zero-order valence-electron chi connectivity index (χ0n) is 18.2. The third-order valence-corrected chi connectivity index (χ3v) is 5.06. The molecule has 0 spiro atoms. The fourth-order valence-corrected chi connectivity index (χ4v) is 3.65. The summed E-state index contributed by atoms with van der Waals surface area (Å²) in [6, 6.07) is 14.0. The highest BCUT2D eigenvalue weighted by Gasteiger charge is 2.25. The van der Waals surface area contributed by atoms with Gasteiger partial charge in [-0.3, -0.25) is 9.69 Å². The lowest BCUT2D eigenvalue weighted by molar-refractivity contribution is 0.0627. The molecule has 1 saturated heterocycles. The molecule has 0 N–H and O–H groups in total. The molecule has 0 bridgehead atoms. The van der Waals surface area contributed by atoms with Gasteiger partial charge in [0.2, 0.25) is 5.75 Å². The van der Waals surface area contributed by atoms with Crippen LogP contribution in [0.2, 0.25) is 0 Å². The largest absolute Gasteiger partial charge is 0.490 e. The lowest BCUT2D eigenvalue weighted by atomic mass is 10.1. The van der Waals surface area contributed by atoms with E-state index in [4.69, 9.17) is 14.2 Å². The van der Waals surface area contributed by atoms with Crippen LogP contribution in [-0.4, -0.2) is 61.7 Å². The summed E-state index contributed by atoms with van der Waals surface area (Å²) in [6.07, 6.45) is 0. The van der Waals surface area contributed by atoms with Crippen molar-refractivity contribution in [1.82, 2.24) is 9.80 Å². The fourth-order valence-electron chi connectivity index (χ4n) is 3.65. The van der Waals surface area contributed by atoms with Gasteiger partial charge in [0, 0.05) is 38.3 Å². The number of nitrogens with zero attached hydrogens (tertiary/aromatic N) is 2. The third-order valence-electron chi connectivity index (χ3n) is 5.06. The molecule has 3 rings (SSSR count). The molecule has 1 fully saturated rings. The van der Waals surface area contributed by atoms with Crippen molar-refractivity contribution in [1.29, 1.82) is 0 Å². The summed E-state index contributed by atoms with van der Waals surface area (Å²) in [5.41, 5.74) is 1.87. The van der Waals surface area contributed by atoms with Crippen LogP contribution >= 0.6 is 0 Å². The van der Waals surface area contributed by atoms with Crippen LogP contribution in [0.25, 0.3) is 0 Å². The first-order valence-corrected chi connectivity index (χ1v) is 10.8. The van der Waals surface area contributed by atoms with Crippen molar-refractivity contribution in [3.05, 3.63) is 53.6 Å². The second-order valence-electron chi connectivity index (χ2n) is 7.15. The minimum Gasteiger partial charge on any atom is -0.490 e. The number of piperazine rings is 1. The van der Waals surface area contributed by atoms with Gasteiger partial charge in [-0.05, 0) is 38.5 Å². The van der Waals surface area contributed by atoms with Crippen LogP contribution in [-0.2, 0) is 6.54 Å². The zero-order valence-corrected chi connectivity index (χ0v) is 18.2. The topological polar surface area (TPSA) is 51.2 Å². The molecule has 0 atom stereocenters. The molecule has 1 aliphatic rings. The number of hydrogen-bond acceptors (Lipinski definition) is 5. The van der Waals surface area contributed by atoms with Crippen molar-refractivity contribution in [2.45, 2.75) is 27.3 Å². The van der Waals surface area contributed by atoms with E-state index in [2.05, 4.69) is 29.2 Å². The highest BCUT2D eigenvalue weighted by Crippen LogP contribution is 2.39. The van der Waals surface area contributed by atoms with Crippen molar-refractivity contribution in [2.75, 3.05) is 46.0 Å². The Kier molecular flexibility index (Phi) is 7.97. The van der Waals surface area contributed by atoms with Crippen LogP contribution < -0.4 is 14.2 Å². The van der Waals surface area contributed by atoms with E-state index in [1.165, 1.54) is 5.56 Å². The van der Waals surface area contributed by atoms with E-state index < -0.39 is 0 Å². The molecule has 1 amide bonds. The highest BCUT2D eigenvalue weighted by atomic mass is 16.5. The molecule has 0 aliphatic carbocycles. The van der Waals surface area contributed by atoms with Gasteiger partial charge in [-0.2, -0.15) is 0 Å². The Morgan fingerprint density at radius 3 is 1.93 bits per heavy atom. The SMILES string of the molecule is CCOc1cc(C(=O)N2CCN(Cc3ccccc3)CC2)cc(OCC)c1OCC. The second-order valence-corrected chi connectivity index (χ2v) is 7.15. The molecule has 0 unspecified atom stereocenters. The number of carbonyl (C=O) groups is 1. The van der Waals surface area contributed by atoms with Gasteiger partial charge >= 0.3 is 0 Å². The molecule has 0 aromatic heterocycles. The maximum atomic E-state index is 13.2. The van der Waals surface area contributed by atoms with E-state index in [-0.39, 0.29) is 5.91 Å². The Labute approximate surface area is 179 Å². The number of benzene rings is 2. The van der Waals surface area contributed by atoms with Gasteiger partial charge in [0.05, 0.1) is 19.8 Å². The Hall–Kier alpha value is -2.73. The van der Waals surface area contributed by atoms with Gasteiger partial charge in [0.25, 0.3) is 5.91 Å². The Morgan fingerprint density at radius 2 is 1.40 bits per heavy atom. The maximum absolute atomic E-state index is 13.2. The van der Waals surface area contributed by atoms with E-state index in [0.717, 1.165) is 19.6 Å². The first kappa shape index (κ1) is 22.0. The monoisotopic (exact) mass is 412 g/mol. The maximum Gasteiger partial charge on any atom is 0.254 e. The van der Waals surface area contributed by atoms with Gasteiger partial charge in [0.15, 0.2) is 11.5 Å². The minimum atomic E-state index is -0.000634. The molecule has 6 heteroatoms. The Bertz CT molecular complexity index is 790. The van der Waals surface area contributed by atoms with Crippen LogP contribution in [0.4, 0.5) is 0 Å². The zero-order chi connectivity index (χ0) is 21.3. The third kappa shape index (κ3) is 5.45. The van der Waals surface area contributed by atoms with Crippen LogP contribution in [0.3, 0.4) is 0 Å². The van der Waals surface area contributed by atoms with E-state index in [0.29, 0.717) is 55.7 Å². The number of ether oxygens (including phenoxy) is 3. The predicted octanol–water partition coefficient (Wildman–Crippen LogP) is 3.84. The average molecular weight is 413 g/mol. The summed E-state index contributed by atoms with van der Waals surface area (Å²) in [7, 11) is 0. The van der Waals surface area contributed by atoms with Crippen LogP contribution in [0, 0.1) is 0 Å². The number of rotatable bonds is 9. The van der Waals surface area contributed by atoms with Crippen LogP contribution in [0.1, 0.15) is 36.7 Å². The Balaban J connectivity index is 1.71. The highest BCUT2D eigenvalue weighted by molar-refractivity contribution is 5.95. The quantitative estimate of drug-likeness (QED) is 0.626. The number of hydrogen-bond donors (Lipinski definition) is 0. The lowest BCUT2D eigenvalue weighted by Gasteiger charge is -2.35. The number of carbonyl (C=O) groups excluding carboxylic acids is 1. The Morgan fingerprint density at radius 1 is 0.833 bits per heavy atom.